The molecule has 1 aliphatic heterocycles. The van der Waals surface area contributed by atoms with Crippen LogP contribution in [0.3, 0.4) is 0 Å². The molecule has 1 saturated heterocycles. The Bertz CT molecular complexity index is 1000. The summed E-state index contributed by atoms with van der Waals surface area (Å²) in [7, 11) is 0. The van der Waals surface area contributed by atoms with Gasteiger partial charge in [0, 0.05) is 25.5 Å². The number of hydrogen-bond acceptors (Lipinski definition) is 5. The number of anilines is 2. The van der Waals surface area contributed by atoms with E-state index in [2.05, 4.69) is 20.5 Å². The van der Waals surface area contributed by atoms with Gasteiger partial charge in [0.05, 0.1) is 17.2 Å². The number of piperidine rings is 1. The molecule has 3 heterocycles. The largest absolute Gasteiger partial charge is 0.418 e. The van der Waals surface area contributed by atoms with Gasteiger partial charge < -0.3 is 10.2 Å². The highest BCUT2D eigenvalue weighted by molar-refractivity contribution is 5.93. The highest BCUT2D eigenvalue weighted by Crippen LogP contribution is 2.35. The second kappa shape index (κ2) is 8.13. The molecule has 0 radical (unpaired) electrons. The average Bonchev–Trinajstić information content (AvgIpc) is 3.28. The topological polar surface area (TPSA) is 75.9 Å². The molecule has 1 fully saturated rings. The Morgan fingerprint density at radius 2 is 1.87 bits per heavy atom. The summed E-state index contributed by atoms with van der Waals surface area (Å²) in [5.41, 5.74) is -1.08. The molecule has 2 aromatic heterocycles. The first kappa shape index (κ1) is 19.9. The van der Waals surface area contributed by atoms with Crippen molar-refractivity contribution in [2.75, 3.05) is 23.3 Å². The minimum absolute atomic E-state index is 0.225. The molecule has 3 aromatic rings. The van der Waals surface area contributed by atoms with Crippen molar-refractivity contribution >= 4 is 17.4 Å². The summed E-state index contributed by atoms with van der Waals surface area (Å²) in [6, 6.07) is 8.60. The number of halogens is 3. The van der Waals surface area contributed by atoms with Crippen LogP contribution in [0.4, 0.5) is 24.7 Å². The van der Waals surface area contributed by atoms with Crippen molar-refractivity contribution in [3.63, 3.8) is 0 Å². The fourth-order valence-corrected chi connectivity index (χ4v) is 3.49. The van der Waals surface area contributed by atoms with E-state index in [1.165, 1.54) is 18.2 Å². The normalized spacial score (nSPS) is 17.0. The number of alkyl halides is 3. The number of nitrogens with one attached hydrogen (secondary N) is 1. The Labute approximate surface area is 170 Å². The first-order valence-electron chi connectivity index (χ1n) is 9.46. The number of benzene rings is 1. The third-order valence-corrected chi connectivity index (χ3v) is 5.01. The van der Waals surface area contributed by atoms with Crippen molar-refractivity contribution in [1.82, 2.24) is 19.7 Å². The predicted octanol–water partition coefficient (Wildman–Crippen LogP) is 3.54. The lowest BCUT2D eigenvalue weighted by Crippen LogP contribution is -2.41. The van der Waals surface area contributed by atoms with E-state index in [9.17, 15) is 18.0 Å². The number of carbonyl (C=O) groups is 1. The standard InChI is InChI=1S/C20H19F3N6O/c21-20(22,23)15-5-1-2-6-16(15)25-19(30)14-4-3-10-28(12-14)17-7-8-18(27-26-17)29-11-9-24-13-29/h1-2,5-9,11,13-14H,3-4,10,12H2,(H,25,30). The quantitative estimate of drug-likeness (QED) is 0.704. The van der Waals surface area contributed by atoms with E-state index in [0.717, 1.165) is 12.5 Å². The van der Waals surface area contributed by atoms with Crippen molar-refractivity contribution in [3.05, 3.63) is 60.7 Å². The smallest absolute Gasteiger partial charge is 0.354 e. The van der Waals surface area contributed by atoms with E-state index in [1.54, 1.807) is 29.4 Å². The molecule has 1 amide bonds. The van der Waals surface area contributed by atoms with E-state index < -0.39 is 23.6 Å². The van der Waals surface area contributed by atoms with Crippen molar-refractivity contribution in [3.8, 4) is 5.82 Å². The van der Waals surface area contributed by atoms with Crippen LogP contribution >= 0.6 is 0 Å². The molecule has 4 rings (SSSR count). The van der Waals surface area contributed by atoms with E-state index in [-0.39, 0.29) is 5.69 Å². The van der Waals surface area contributed by atoms with Crippen molar-refractivity contribution in [2.24, 2.45) is 5.92 Å². The lowest BCUT2D eigenvalue weighted by Gasteiger charge is -2.32. The van der Waals surface area contributed by atoms with Crippen LogP contribution in [-0.4, -0.2) is 38.7 Å². The molecule has 156 valence electrons. The molecule has 0 spiro atoms. The zero-order valence-electron chi connectivity index (χ0n) is 15.9. The maximum atomic E-state index is 13.2. The Kier molecular flexibility index (Phi) is 5.39. The van der Waals surface area contributed by atoms with Gasteiger partial charge in [-0.1, -0.05) is 12.1 Å². The highest BCUT2D eigenvalue weighted by Gasteiger charge is 2.34. The molecule has 1 N–H and O–H groups in total. The maximum Gasteiger partial charge on any atom is 0.418 e. The number of aromatic nitrogens is 4. The summed E-state index contributed by atoms with van der Waals surface area (Å²) < 4.78 is 41.3. The molecule has 0 saturated carbocycles. The average molecular weight is 416 g/mol. The minimum Gasteiger partial charge on any atom is -0.354 e. The van der Waals surface area contributed by atoms with Gasteiger partial charge in [-0.3, -0.25) is 9.36 Å². The van der Waals surface area contributed by atoms with E-state index >= 15 is 0 Å². The number of hydrogen-bond donors (Lipinski definition) is 1. The van der Waals surface area contributed by atoms with E-state index in [1.807, 2.05) is 11.0 Å². The van der Waals surface area contributed by atoms with Crippen molar-refractivity contribution in [2.45, 2.75) is 19.0 Å². The molecule has 1 aromatic carbocycles. The van der Waals surface area contributed by atoms with Crippen LogP contribution in [0.2, 0.25) is 0 Å². The summed E-state index contributed by atoms with van der Waals surface area (Å²) in [6.45, 7) is 1.06. The first-order chi connectivity index (χ1) is 14.4. The molecular weight excluding hydrogens is 397 g/mol. The Balaban J connectivity index is 1.45. The number of carbonyl (C=O) groups excluding carboxylic acids is 1. The van der Waals surface area contributed by atoms with Crippen LogP contribution in [0, 0.1) is 5.92 Å². The summed E-state index contributed by atoms with van der Waals surface area (Å²) in [6.07, 6.45) is 1.80. The van der Waals surface area contributed by atoms with Gasteiger partial charge in [-0.05, 0) is 37.1 Å². The lowest BCUT2D eigenvalue weighted by molar-refractivity contribution is -0.137. The monoisotopic (exact) mass is 416 g/mol. The summed E-state index contributed by atoms with van der Waals surface area (Å²) in [4.78, 5) is 18.6. The SMILES string of the molecule is O=C(Nc1ccccc1C(F)(F)F)C1CCCN(c2ccc(-n3ccnc3)nn2)C1. The second-order valence-electron chi connectivity index (χ2n) is 7.04. The molecule has 10 heteroatoms. The van der Waals surface area contributed by atoms with Gasteiger partial charge in [0.25, 0.3) is 0 Å². The van der Waals surface area contributed by atoms with Crippen LogP contribution in [0.1, 0.15) is 18.4 Å². The fraction of sp³-hybridized carbons (Fsp3) is 0.300. The molecular formula is C20H19F3N6O. The Morgan fingerprint density at radius 1 is 1.10 bits per heavy atom. The van der Waals surface area contributed by atoms with Gasteiger partial charge in [-0.15, -0.1) is 10.2 Å². The maximum absolute atomic E-state index is 13.2. The third-order valence-electron chi connectivity index (χ3n) is 5.01. The zero-order valence-corrected chi connectivity index (χ0v) is 15.9. The fourth-order valence-electron chi connectivity index (χ4n) is 3.49. The molecule has 1 atom stereocenters. The summed E-state index contributed by atoms with van der Waals surface area (Å²) in [5, 5.41) is 10.9. The van der Waals surface area contributed by atoms with Gasteiger partial charge >= 0.3 is 6.18 Å². The van der Waals surface area contributed by atoms with Crippen LogP contribution in [0.5, 0.6) is 0 Å². The number of para-hydroxylation sites is 1. The third kappa shape index (κ3) is 4.27. The van der Waals surface area contributed by atoms with Gasteiger partial charge in [-0.2, -0.15) is 13.2 Å². The first-order valence-corrected chi connectivity index (χ1v) is 9.46. The highest BCUT2D eigenvalue weighted by atomic mass is 19.4. The lowest BCUT2D eigenvalue weighted by atomic mass is 9.96. The van der Waals surface area contributed by atoms with Gasteiger partial charge in [-0.25, -0.2) is 4.98 Å². The molecule has 1 unspecified atom stereocenters. The molecule has 1 aliphatic rings. The molecule has 30 heavy (non-hydrogen) atoms. The van der Waals surface area contributed by atoms with Gasteiger partial charge in [0.15, 0.2) is 11.6 Å². The van der Waals surface area contributed by atoms with Crippen molar-refractivity contribution < 1.29 is 18.0 Å². The number of amides is 1. The Hall–Kier alpha value is -3.43. The van der Waals surface area contributed by atoms with Crippen molar-refractivity contribution in [1.29, 1.82) is 0 Å². The minimum atomic E-state index is -4.53. The van der Waals surface area contributed by atoms with E-state index in [4.69, 9.17) is 0 Å². The Morgan fingerprint density at radius 3 is 2.57 bits per heavy atom. The zero-order chi connectivity index (χ0) is 21.1. The summed E-state index contributed by atoms with van der Waals surface area (Å²) in [5.74, 6) is 0.355. The van der Waals surface area contributed by atoms with Crippen LogP contribution in [0.15, 0.2) is 55.1 Å². The van der Waals surface area contributed by atoms with Crippen LogP contribution in [-0.2, 0) is 11.0 Å². The predicted molar refractivity (Wildman–Crippen MR) is 104 cm³/mol. The van der Waals surface area contributed by atoms with Crippen LogP contribution in [0.25, 0.3) is 5.82 Å². The second-order valence-corrected chi connectivity index (χ2v) is 7.04. The molecule has 0 aliphatic carbocycles. The number of nitrogens with zero attached hydrogens (tertiary/aromatic N) is 5. The molecule has 7 nitrogen and oxygen atoms in total. The summed E-state index contributed by atoms with van der Waals surface area (Å²) >= 11 is 0. The van der Waals surface area contributed by atoms with E-state index in [0.29, 0.717) is 31.1 Å². The number of rotatable bonds is 4. The molecule has 0 bridgehead atoms. The van der Waals surface area contributed by atoms with Crippen LogP contribution < -0.4 is 10.2 Å². The van der Waals surface area contributed by atoms with Gasteiger partial charge in [0.1, 0.15) is 6.33 Å². The number of imidazole rings is 1. The van der Waals surface area contributed by atoms with Gasteiger partial charge in [0.2, 0.25) is 5.91 Å².